The van der Waals surface area contributed by atoms with E-state index in [0.29, 0.717) is 24.9 Å². The van der Waals surface area contributed by atoms with Crippen LogP contribution in [0.2, 0.25) is 0 Å². The molecule has 0 aliphatic carbocycles. The average Bonchev–Trinajstić information content (AvgIpc) is 2.96. The number of piperidine rings is 1. The zero-order valence-corrected chi connectivity index (χ0v) is 11.6. The molecule has 0 aromatic heterocycles. The van der Waals surface area contributed by atoms with Gasteiger partial charge in [-0.25, -0.2) is 0 Å². The van der Waals surface area contributed by atoms with Crippen molar-refractivity contribution < 1.29 is 14.6 Å². The highest BCUT2D eigenvalue weighted by molar-refractivity contribution is 5.76. The van der Waals surface area contributed by atoms with Crippen molar-refractivity contribution in [1.82, 2.24) is 10.2 Å². The Morgan fingerprint density at radius 1 is 1.32 bits per heavy atom. The molecule has 0 spiro atoms. The summed E-state index contributed by atoms with van der Waals surface area (Å²) >= 11 is 0. The van der Waals surface area contributed by atoms with Gasteiger partial charge in [0.2, 0.25) is 5.91 Å². The minimum absolute atomic E-state index is 0.0779. The number of hydrogen-bond acceptors (Lipinski definition) is 4. The van der Waals surface area contributed by atoms with Gasteiger partial charge in [-0.15, -0.1) is 0 Å². The third kappa shape index (κ3) is 4.75. The summed E-state index contributed by atoms with van der Waals surface area (Å²) in [6, 6.07) is 0. The molecule has 2 saturated heterocycles. The molecule has 0 bridgehead atoms. The quantitative estimate of drug-likeness (QED) is 0.732. The maximum absolute atomic E-state index is 12.1. The van der Waals surface area contributed by atoms with Gasteiger partial charge in [0.1, 0.15) is 0 Å². The summed E-state index contributed by atoms with van der Waals surface area (Å²) in [6.07, 6.45) is 4.94. The molecule has 110 valence electrons. The maximum Gasteiger partial charge on any atom is 0.222 e. The summed E-state index contributed by atoms with van der Waals surface area (Å²) < 4.78 is 5.51. The molecule has 2 fully saturated rings. The van der Waals surface area contributed by atoms with Gasteiger partial charge < -0.3 is 20.1 Å². The van der Waals surface area contributed by atoms with Gasteiger partial charge in [0.05, 0.1) is 19.3 Å². The zero-order valence-electron chi connectivity index (χ0n) is 11.6. The van der Waals surface area contributed by atoms with Crippen LogP contribution in [0.25, 0.3) is 0 Å². The number of amides is 1. The first-order chi connectivity index (χ1) is 9.29. The van der Waals surface area contributed by atoms with Gasteiger partial charge in [0.15, 0.2) is 0 Å². The van der Waals surface area contributed by atoms with E-state index in [0.717, 1.165) is 45.4 Å². The molecule has 2 aliphatic rings. The number of carbonyl (C=O) groups excluding carboxylic acids is 1. The van der Waals surface area contributed by atoms with Gasteiger partial charge in [-0.1, -0.05) is 0 Å². The summed E-state index contributed by atoms with van der Waals surface area (Å²) in [5.74, 6) is 0.988. The van der Waals surface area contributed by atoms with Crippen LogP contribution in [-0.2, 0) is 9.53 Å². The fourth-order valence-corrected chi connectivity index (χ4v) is 2.94. The minimum atomic E-state index is 0.0779. The second-order valence-electron chi connectivity index (χ2n) is 5.57. The molecule has 5 nitrogen and oxygen atoms in total. The van der Waals surface area contributed by atoms with Gasteiger partial charge in [-0.2, -0.15) is 0 Å². The molecule has 2 rings (SSSR count). The Hall–Kier alpha value is -0.650. The van der Waals surface area contributed by atoms with Crippen molar-refractivity contribution in [2.75, 3.05) is 39.4 Å². The van der Waals surface area contributed by atoms with Crippen molar-refractivity contribution in [2.45, 2.75) is 38.2 Å². The molecule has 0 aromatic rings. The van der Waals surface area contributed by atoms with Crippen molar-refractivity contribution in [1.29, 1.82) is 0 Å². The van der Waals surface area contributed by atoms with Gasteiger partial charge in [0.25, 0.3) is 0 Å². The van der Waals surface area contributed by atoms with Crippen molar-refractivity contribution in [3.05, 3.63) is 0 Å². The second kappa shape index (κ2) is 7.82. The largest absolute Gasteiger partial charge is 0.394 e. The highest BCUT2D eigenvalue weighted by Gasteiger charge is 2.24. The Morgan fingerprint density at radius 3 is 2.74 bits per heavy atom. The van der Waals surface area contributed by atoms with E-state index in [1.165, 1.54) is 6.42 Å². The number of nitrogens with one attached hydrogen (secondary N) is 1. The minimum Gasteiger partial charge on any atom is -0.394 e. The van der Waals surface area contributed by atoms with Gasteiger partial charge in [-0.3, -0.25) is 4.79 Å². The Balaban J connectivity index is 1.61. The van der Waals surface area contributed by atoms with E-state index in [4.69, 9.17) is 9.84 Å². The number of carbonyl (C=O) groups is 1. The predicted octanol–water partition coefficient (Wildman–Crippen LogP) is 0.376. The lowest BCUT2D eigenvalue weighted by Crippen LogP contribution is -2.41. The number of nitrogens with zero attached hydrogens (tertiary/aromatic N) is 1. The molecule has 0 radical (unpaired) electrons. The SMILES string of the molecule is O=C(CCC1CCNC1)N1CCC(OCCO)CC1. The molecule has 5 heteroatoms. The lowest BCUT2D eigenvalue weighted by atomic mass is 10.0. The predicted molar refractivity (Wildman–Crippen MR) is 72.9 cm³/mol. The smallest absolute Gasteiger partial charge is 0.222 e. The van der Waals surface area contributed by atoms with Gasteiger partial charge >= 0.3 is 0 Å². The molecule has 2 aliphatic heterocycles. The molecule has 1 unspecified atom stereocenters. The molecule has 0 saturated carbocycles. The third-order valence-corrected chi connectivity index (χ3v) is 4.17. The van der Waals surface area contributed by atoms with Gasteiger partial charge in [0, 0.05) is 19.5 Å². The van der Waals surface area contributed by atoms with E-state index in [2.05, 4.69) is 5.32 Å². The van der Waals surface area contributed by atoms with Crippen LogP contribution in [0, 0.1) is 5.92 Å². The highest BCUT2D eigenvalue weighted by atomic mass is 16.5. The normalized spacial score (nSPS) is 24.9. The Labute approximate surface area is 115 Å². The number of rotatable bonds is 6. The molecular formula is C14H26N2O3. The van der Waals surface area contributed by atoms with Crippen LogP contribution >= 0.6 is 0 Å². The summed E-state index contributed by atoms with van der Waals surface area (Å²) in [7, 11) is 0. The summed E-state index contributed by atoms with van der Waals surface area (Å²) in [4.78, 5) is 14.1. The Morgan fingerprint density at radius 2 is 2.11 bits per heavy atom. The standard InChI is InChI=1S/C14H26N2O3/c17-9-10-19-13-4-7-16(8-5-13)14(18)2-1-12-3-6-15-11-12/h12-13,15,17H,1-11H2. The second-order valence-corrected chi connectivity index (χ2v) is 5.57. The number of aliphatic hydroxyl groups excluding tert-OH is 1. The maximum atomic E-state index is 12.1. The molecule has 1 amide bonds. The van der Waals surface area contributed by atoms with E-state index in [1.807, 2.05) is 4.90 Å². The van der Waals surface area contributed by atoms with E-state index >= 15 is 0 Å². The average molecular weight is 270 g/mol. The number of aliphatic hydroxyl groups is 1. The van der Waals surface area contributed by atoms with E-state index in [-0.39, 0.29) is 12.7 Å². The van der Waals surface area contributed by atoms with Crippen LogP contribution in [0.1, 0.15) is 32.1 Å². The first kappa shape index (κ1) is 14.8. The van der Waals surface area contributed by atoms with Crippen LogP contribution in [0.15, 0.2) is 0 Å². The van der Waals surface area contributed by atoms with E-state index in [1.54, 1.807) is 0 Å². The first-order valence-electron chi connectivity index (χ1n) is 7.50. The third-order valence-electron chi connectivity index (χ3n) is 4.17. The number of ether oxygens (including phenoxy) is 1. The van der Waals surface area contributed by atoms with E-state index in [9.17, 15) is 4.79 Å². The topological polar surface area (TPSA) is 61.8 Å². The first-order valence-corrected chi connectivity index (χ1v) is 7.50. The van der Waals surface area contributed by atoms with Crippen LogP contribution < -0.4 is 5.32 Å². The zero-order chi connectivity index (χ0) is 13.5. The summed E-state index contributed by atoms with van der Waals surface area (Å²) in [5.41, 5.74) is 0. The monoisotopic (exact) mass is 270 g/mol. The van der Waals surface area contributed by atoms with Crippen LogP contribution in [0.3, 0.4) is 0 Å². The van der Waals surface area contributed by atoms with Crippen LogP contribution in [0.4, 0.5) is 0 Å². The molecule has 2 N–H and O–H groups in total. The molecule has 19 heavy (non-hydrogen) atoms. The van der Waals surface area contributed by atoms with Crippen LogP contribution in [-0.4, -0.2) is 61.4 Å². The van der Waals surface area contributed by atoms with Crippen molar-refractivity contribution in [3.63, 3.8) is 0 Å². The highest BCUT2D eigenvalue weighted by Crippen LogP contribution is 2.18. The number of likely N-dealkylation sites (tertiary alicyclic amines) is 1. The van der Waals surface area contributed by atoms with E-state index < -0.39 is 0 Å². The fraction of sp³-hybridized carbons (Fsp3) is 0.929. The van der Waals surface area contributed by atoms with Gasteiger partial charge in [-0.05, 0) is 44.7 Å². The number of hydrogen-bond donors (Lipinski definition) is 2. The lowest BCUT2D eigenvalue weighted by molar-refractivity contribution is -0.134. The Bertz CT molecular complexity index is 272. The molecule has 0 aromatic carbocycles. The lowest BCUT2D eigenvalue weighted by Gasteiger charge is -2.32. The Kier molecular flexibility index (Phi) is 6.07. The molecular weight excluding hydrogens is 244 g/mol. The van der Waals surface area contributed by atoms with Crippen molar-refractivity contribution in [2.24, 2.45) is 5.92 Å². The van der Waals surface area contributed by atoms with Crippen molar-refractivity contribution in [3.8, 4) is 0 Å². The molecule has 1 atom stereocenters. The van der Waals surface area contributed by atoms with Crippen LogP contribution in [0.5, 0.6) is 0 Å². The van der Waals surface area contributed by atoms with Crippen molar-refractivity contribution >= 4 is 5.91 Å². The fourth-order valence-electron chi connectivity index (χ4n) is 2.94. The summed E-state index contributed by atoms with van der Waals surface area (Å²) in [6.45, 7) is 4.27. The summed E-state index contributed by atoms with van der Waals surface area (Å²) in [5, 5.41) is 12.1. The molecule has 2 heterocycles.